The molecule has 0 fully saturated rings. The van der Waals surface area contributed by atoms with Gasteiger partial charge in [0.2, 0.25) is 5.91 Å². The minimum atomic E-state index is -0.110. The number of hydrogen-bond acceptors (Lipinski definition) is 4. The third-order valence-electron chi connectivity index (χ3n) is 3.85. The van der Waals surface area contributed by atoms with Crippen LogP contribution >= 0.6 is 0 Å². The Morgan fingerprint density at radius 3 is 2.68 bits per heavy atom. The SMILES string of the molecule is CC(=O)c1cccc(NC(=O)CCNc2cccc3cccnc23)c1. The summed E-state index contributed by atoms with van der Waals surface area (Å²) in [4.78, 5) is 27.9. The van der Waals surface area contributed by atoms with E-state index in [1.807, 2.05) is 30.3 Å². The average molecular weight is 333 g/mol. The number of hydrogen-bond donors (Lipinski definition) is 2. The van der Waals surface area contributed by atoms with E-state index >= 15 is 0 Å². The molecule has 0 saturated heterocycles. The van der Waals surface area contributed by atoms with E-state index in [1.54, 1.807) is 30.5 Å². The minimum absolute atomic E-state index is 0.0266. The minimum Gasteiger partial charge on any atom is -0.383 e. The number of amides is 1. The second-order valence-corrected chi connectivity index (χ2v) is 5.74. The number of anilines is 2. The number of pyridine rings is 1. The molecule has 0 saturated carbocycles. The molecule has 5 heteroatoms. The van der Waals surface area contributed by atoms with Crippen molar-refractivity contribution in [2.24, 2.45) is 0 Å². The lowest BCUT2D eigenvalue weighted by Gasteiger charge is -2.10. The van der Waals surface area contributed by atoms with Crippen molar-refractivity contribution in [2.45, 2.75) is 13.3 Å². The zero-order valence-electron chi connectivity index (χ0n) is 14.0. The molecule has 0 spiro atoms. The van der Waals surface area contributed by atoms with Crippen molar-refractivity contribution in [2.75, 3.05) is 17.2 Å². The lowest BCUT2D eigenvalue weighted by Crippen LogP contribution is -2.16. The summed E-state index contributed by atoms with van der Waals surface area (Å²) >= 11 is 0. The van der Waals surface area contributed by atoms with Crippen LogP contribution in [-0.2, 0) is 4.79 Å². The molecule has 0 aliphatic heterocycles. The Morgan fingerprint density at radius 2 is 1.84 bits per heavy atom. The molecule has 126 valence electrons. The highest BCUT2D eigenvalue weighted by Crippen LogP contribution is 2.20. The molecule has 1 heterocycles. The summed E-state index contributed by atoms with van der Waals surface area (Å²) < 4.78 is 0. The molecule has 3 rings (SSSR count). The van der Waals surface area contributed by atoms with Crippen LogP contribution in [0.1, 0.15) is 23.7 Å². The Hall–Kier alpha value is -3.21. The number of nitrogens with zero attached hydrogens (tertiary/aromatic N) is 1. The predicted molar refractivity (Wildman–Crippen MR) is 99.9 cm³/mol. The van der Waals surface area contributed by atoms with Gasteiger partial charge in [-0.2, -0.15) is 0 Å². The van der Waals surface area contributed by atoms with E-state index in [0.717, 1.165) is 16.6 Å². The quantitative estimate of drug-likeness (QED) is 0.672. The van der Waals surface area contributed by atoms with Gasteiger partial charge in [-0.05, 0) is 31.2 Å². The maximum atomic E-state index is 12.1. The number of aromatic nitrogens is 1. The van der Waals surface area contributed by atoms with Gasteiger partial charge in [0.15, 0.2) is 5.78 Å². The lowest BCUT2D eigenvalue weighted by atomic mass is 10.1. The molecule has 0 aliphatic rings. The first kappa shape index (κ1) is 16.6. The Morgan fingerprint density at radius 1 is 1.04 bits per heavy atom. The van der Waals surface area contributed by atoms with E-state index in [1.165, 1.54) is 6.92 Å². The maximum Gasteiger partial charge on any atom is 0.226 e. The van der Waals surface area contributed by atoms with Crippen LogP contribution < -0.4 is 10.6 Å². The molecule has 2 aromatic carbocycles. The number of benzene rings is 2. The molecule has 2 N–H and O–H groups in total. The van der Waals surface area contributed by atoms with Gasteiger partial charge < -0.3 is 10.6 Å². The number of Topliss-reactive ketones (excluding diaryl/α,β-unsaturated/α-hetero) is 1. The Bertz CT molecular complexity index is 916. The van der Waals surface area contributed by atoms with Crippen molar-refractivity contribution >= 4 is 34.0 Å². The summed E-state index contributed by atoms with van der Waals surface area (Å²) in [6.07, 6.45) is 2.07. The van der Waals surface area contributed by atoms with Gasteiger partial charge in [-0.25, -0.2) is 0 Å². The highest BCUT2D eigenvalue weighted by molar-refractivity contribution is 5.97. The molecule has 0 radical (unpaired) electrons. The van der Waals surface area contributed by atoms with Gasteiger partial charge in [0.25, 0.3) is 0 Å². The van der Waals surface area contributed by atoms with Gasteiger partial charge in [-0.15, -0.1) is 0 Å². The Kier molecular flexibility index (Phi) is 5.04. The van der Waals surface area contributed by atoms with Crippen molar-refractivity contribution in [1.82, 2.24) is 4.98 Å². The molecule has 25 heavy (non-hydrogen) atoms. The van der Waals surface area contributed by atoms with Crippen LogP contribution in [0.4, 0.5) is 11.4 Å². The topological polar surface area (TPSA) is 71.1 Å². The lowest BCUT2D eigenvalue weighted by molar-refractivity contribution is -0.115. The molecular weight excluding hydrogens is 314 g/mol. The van der Waals surface area contributed by atoms with Crippen LogP contribution in [-0.4, -0.2) is 23.2 Å². The summed E-state index contributed by atoms with van der Waals surface area (Å²) in [5.74, 6) is -0.136. The maximum absolute atomic E-state index is 12.1. The first-order valence-electron chi connectivity index (χ1n) is 8.12. The second kappa shape index (κ2) is 7.57. The number of carbonyl (C=O) groups excluding carboxylic acids is 2. The zero-order chi connectivity index (χ0) is 17.6. The second-order valence-electron chi connectivity index (χ2n) is 5.74. The third kappa shape index (κ3) is 4.20. The number of fused-ring (bicyclic) bond motifs is 1. The van der Waals surface area contributed by atoms with Gasteiger partial charge in [-0.1, -0.05) is 30.3 Å². The van der Waals surface area contributed by atoms with Gasteiger partial charge in [-0.3, -0.25) is 14.6 Å². The fourth-order valence-electron chi connectivity index (χ4n) is 2.60. The van der Waals surface area contributed by atoms with Crippen molar-refractivity contribution in [3.63, 3.8) is 0 Å². The fraction of sp³-hybridized carbons (Fsp3) is 0.150. The number of rotatable bonds is 6. The number of ketones is 1. The third-order valence-corrected chi connectivity index (χ3v) is 3.85. The van der Waals surface area contributed by atoms with Gasteiger partial charge in [0.05, 0.1) is 11.2 Å². The van der Waals surface area contributed by atoms with Crippen LogP contribution in [0.3, 0.4) is 0 Å². The molecule has 0 atom stereocenters. The standard InChI is InChI=1S/C20H19N3O2/c1-14(24)16-6-2-8-17(13-16)23-19(25)10-12-21-18-9-3-5-15-7-4-11-22-20(15)18/h2-9,11,13,21H,10,12H2,1H3,(H,23,25). The molecule has 0 unspecified atom stereocenters. The molecule has 0 bridgehead atoms. The highest BCUT2D eigenvalue weighted by atomic mass is 16.1. The van der Waals surface area contributed by atoms with E-state index in [0.29, 0.717) is 24.2 Å². The van der Waals surface area contributed by atoms with E-state index in [-0.39, 0.29) is 11.7 Å². The number of nitrogens with one attached hydrogen (secondary N) is 2. The van der Waals surface area contributed by atoms with Crippen LogP contribution in [0.15, 0.2) is 60.8 Å². The summed E-state index contributed by atoms with van der Waals surface area (Å²) in [7, 11) is 0. The number of carbonyl (C=O) groups is 2. The van der Waals surface area contributed by atoms with Crippen molar-refractivity contribution < 1.29 is 9.59 Å². The van der Waals surface area contributed by atoms with Gasteiger partial charge in [0.1, 0.15) is 0 Å². The average Bonchev–Trinajstić information content (AvgIpc) is 2.62. The van der Waals surface area contributed by atoms with Gasteiger partial charge in [0, 0.05) is 35.8 Å². The Balaban J connectivity index is 1.57. The monoisotopic (exact) mass is 333 g/mol. The van der Waals surface area contributed by atoms with Crippen LogP contribution in [0.5, 0.6) is 0 Å². The van der Waals surface area contributed by atoms with Crippen molar-refractivity contribution in [3.05, 3.63) is 66.4 Å². The smallest absolute Gasteiger partial charge is 0.226 e. The van der Waals surface area contributed by atoms with Crippen LogP contribution in [0.25, 0.3) is 10.9 Å². The van der Waals surface area contributed by atoms with Crippen molar-refractivity contribution in [1.29, 1.82) is 0 Å². The van der Waals surface area contributed by atoms with Crippen molar-refractivity contribution in [3.8, 4) is 0 Å². The van der Waals surface area contributed by atoms with Crippen LogP contribution in [0.2, 0.25) is 0 Å². The zero-order valence-corrected chi connectivity index (χ0v) is 14.0. The largest absolute Gasteiger partial charge is 0.383 e. The van der Waals surface area contributed by atoms with Gasteiger partial charge >= 0.3 is 0 Å². The fourth-order valence-corrected chi connectivity index (χ4v) is 2.60. The van der Waals surface area contributed by atoms with E-state index in [4.69, 9.17) is 0 Å². The van der Waals surface area contributed by atoms with E-state index in [2.05, 4.69) is 15.6 Å². The van der Waals surface area contributed by atoms with E-state index in [9.17, 15) is 9.59 Å². The Labute approximate surface area is 146 Å². The first-order chi connectivity index (χ1) is 12.1. The van der Waals surface area contributed by atoms with Crippen LogP contribution in [0, 0.1) is 0 Å². The summed E-state index contributed by atoms with van der Waals surface area (Å²) in [5.41, 5.74) is 3.01. The first-order valence-corrected chi connectivity index (χ1v) is 8.12. The summed E-state index contributed by atoms with van der Waals surface area (Å²) in [6, 6.07) is 16.7. The molecular formula is C20H19N3O2. The molecule has 0 aliphatic carbocycles. The predicted octanol–water partition coefficient (Wildman–Crippen LogP) is 3.88. The molecule has 1 amide bonds. The molecule has 5 nitrogen and oxygen atoms in total. The summed E-state index contributed by atoms with van der Waals surface area (Å²) in [5, 5.41) is 7.12. The summed E-state index contributed by atoms with van der Waals surface area (Å²) in [6.45, 7) is 2.00. The number of para-hydroxylation sites is 1. The highest BCUT2D eigenvalue weighted by Gasteiger charge is 2.06. The molecule has 3 aromatic rings. The normalized spacial score (nSPS) is 10.4. The van der Waals surface area contributed by atoms with E-state index < -0.39 is 0 Å². The molecule has 1 aromatic heterocycles.